The molecule has 0 saturated heterocycles. The molecule has 2 aromatic heterocycles. The van der Waals surface area contributed by atoms with Crippen molar-refractivity contribution in [1.82, 2.24) is 15.0 Å². The van der Waals surface area contributed by atoms with E-state index in [0.717, 1.165) is 27.3 Å². The van der Waals surface area contributed by atoms with E-state index in [0.29, 0.717) is 33.5 Å². The van der Waals surface area contributed by atoms with E-state index in [1.165, 1.54) is 0 Å². The standard InChI is InChI=1S/C23H20ClF2N3OS2/c1-14-11-27-20(15(2)21(14)31-12-16-7-9-17(24)10-8-16)13-32-23(25,26)30-22-28-18-5-3-4-6-19(18)29-22/h3-11H,12-13H2,1-2H3,(H,28,29). The Kier molecular flexibility index (Phi) is 6.93. The third kappa shape index (κ3) is 5.54. The number of nitrogens with zero attached hydrogens (tertiary/aromatic N) is 2. The van der Waals surface area contributed by atoms with E-state index >= 15 is 0 Å². The van der Waals surface area contributed by atoms with Crippen LogP contribution in [-0.4, -0.2) is 20.4 Å². The molecule has 4 rings (SSSR count). The summed E-state index contributed by atoms with van der Waals surface area (Å²) in [7, 11) is 0. The summed E-state index contributed by atoms with van der Waals surface area (Å²) in [6, 6.07) is 14.5. The fourth-order valence-corrected chi connectivity index (χ4v) is 5.11. The number of H-pyrrole nitrogens is 1. The van der Waals surface area contributed by atoms with Gasteiger partial charge >= 0.3 is 5.44 Å². The zero-order valence-corrected chi connectivity index (χ0v) is 19.8. The monoisotopic (exact) mass is 491 g/mol. The number of hydrogen-bond acceptors (Lipinski definition) is 5. The molecule has 0 aliphatic carbocycles. The Bertz CT molecular complexity index is 1200. The molecule has 0 unspecified atom stereocenters. The van der Waals surface area contributed by atoms with Gasteiger partial charge in [0.05, 0.1) is 16.7 Å². The van der Waals surface area contributed by atoms with Crippen LogP contribution in [0.4, 0.5) is 8.78 Å². The maximum absolute atomic E-state index is 14.5. The van der Waals surface area contributed by atoms with Gasteiger partial charge in [-0.3, -0.25) is 4.98 Å². The van der Waals surface area contributed by atoms with Gasteiger partial charge in [-0.1, -0.05) is 35.9 Å². The van der Waals surface area contributed by atoms with Crippen molar-refractivity contribution in [1.29, 1.82) is 0 Å². The summed E-state index contributed by atoms with van der Waals surface area (Å²) in [6.07, 6.45) is 1.73. The largest absolute Gasteiger partial charge is 0.455 e. The molecule has 0 spiro atoms. The number of pyridine rings is 1. The molecule has 32 heavy (non-hydrogen) atoms. The minimum Gasteiger partial charge on any atom is -0.391 e. The number of thioether (sulfide) groups is 2. The molecular weight excluding hydrogens is 472 g/mol. The number of halogens is 3. The number of hydrogen-bond donors (Lipinski definition) is 1. The van der Waals surface area contributed by atoms with Crippen LogP contribution in [0.5, 0.6) is 6.01 Å². The average molecular weight is 492 g/mol. The van der Waals surface area contributed by atoms with E-state index < -0.39 is 5.44 Å². The molecule has 0 saturated carbocycles. The number of aromatic nitrogens is 3. The molecule has 2 aromatic carbocycles. The number of fused-ring (bicyclic) bond motifs is 1. The predicted octanol–water partition coefficient (Wildman–Crippen LogP) is 7.38. The number of nitrogens with one attached hydrogen (secondary N) is 1. The Morgan fingerprint density at radius 2 is 1.81 bits per heavy atom. The second-order valence-electron chi connectivity index (χ2n) is 7.17. The van der Waals surface area contributed by atoms with Crippen molar-refractivity contribution >= 4 is 46.2 Å². The van der Waals surface area contributed by atoms with E-state index in [2.05, 4.69) is 15.0 Å². The maximum Gasteiger partial charge on any atom is 0.455 e. The summed E-state index contributed by atoms with van der Waals surface area (Å²) in [4.78, 5) is 12.3. The van der Waals surface area contributed by atoms with Crippen LogP contribution in [0.25, 0.3) is 11.0 Å². The summed E-state index contributed by atoms with van der Waals surface area (Å²) < 4.78 is 33.8. The molecule has 1 N–H and O–H groups in total. The normalized spacial score (nSPS) is 11.8. The molecule has 0 aliphatic heterocycles. The Labute approximate surface area is 198 Å². The highest BCUT2D eigenvalue weighted by Crippen LogP contribution is 2.37. The molecule has 0 fully saturated rings. The smallest absolute Gasteiger partial charge is 0.391 e. The second kappa shape index (κ2) is 9.68. The van der Waals surface area contributed by atoms with Crippen molar-refractivity contribution in [2.75, 3.05) is 0 Å². The van der Waals surface area contributed by atoms with Crippen LogP contribution in [-0.2, 0) is 11.5 Å². The third-order valence-corrected chi connectivity index (χ3v) is 7.29. The maximum atomic E-state index is 14.5. The van der Waals surface area contributed by atoms with Gasteiger partial charge in [-0.25, -0.2) is 0 Å². The van der Waals surface area contributed by atoms with Gasteiger partial charge in [-0.15, -0.1) is 11.8 Å². The van der Waals surface area contributed by atoms with E-state index in [9.17, 15) is 8.78 Å². The zero-order chi connectivity index (χ0) is 22.7. The first-order valence-corrected chi connectivity index (χ1v) is 12.1. The predicted molar refractivity (Wildman–Crippen MR) is 128 cm³/mol. The number of benzene rings is 2. The SMILES string of the molecule is Cc1cnc(CSC(F)(F)Oc2nc3ccccc3[nH]2)c(C)c1SCc1ccc(Cl)cc1. The lowest BCUT2D eigenvalue weighted by Crippen LogP contribution is -2.21. The number of aryl methyl sites for hydroxylation is 1. The van der Waals surface area contributed by atoms with E-state index in [1.807, 2.05) is 38.1 Å². The molecule has 0 aliphatic rings. The van der Waals surface area contributed by atoms with E-state index in [-0.39, 0.29) is 11.8 Å². The summed E-state index contributed by atoms with van der Waals surface area (Å²) >= 11 is 7.99. The van der Waals surface area contributed by atoms with Crippen molar-refractivity contribution in [3.05, 3.63) is 82.1 Å². The van der Waals surface area contributed by atoms with Gasteiger partial charge in [0, 0.05) is 27.6 Å². The van der Waals surface area contributed by atoms with Crippen molar-refractivity contribution < 1.29 is 13.5 Å². The number of para-hydroxylation sites is 2. The van der Waals surface area contributed by atoms with E-state index in [1.54, 1.807) is 42.2 Å². The van der Waals surface area contributed by atoms with Gasteiger partial charge in [0.2, 0.25) is 0 Å². The highest BCUT2D eigenvalue weighted by atomic mass is 35.5. The van der Waals surface area contributed by atoms with Crippen molar-refractivity contribution in [2.24, 2.45) is 0 Å². The molecule has 2 heterocycles. The quantitative estimate of drug-likeness (QED) is 0.206. The lowest BCUT2D eigenvalue weighted by molar-refractivity contribution is -0.0929. The van der Waals surface area contributed by atoms with Crippen LogP contribution in [0, 0.1) is 13.8 Å². The van der Waals surface area contributed by atoms with Crippen LogP contribution in [0.15, 0.2) is 59.6 Å². The highest BCUT2D eigenvalue weighted by Gasteiger charge is 2.34. The molecule has 0 amide bonds. The molecule has 4 aromatic rings. The number of imidazole rings is 1. The fourth-order valence-electron chi connectivity index (χ4n) is 3.13. The number of alkyl halides is 2. The first-order valence-electron chi connectivity index (χ1n) is 9.78. The van der Waals surface area contributed by atoms with Crippen LogP contribution in [0.1, 0.15) is 22.4 Å². The molecule has 0 atom stereocenters. The zero-order valence-electron chi connectivity index (χ0n) is 17.4. The highest BCUT2D eigenvalue weighted by molar-refractivity contribution is 7.99. The second-order valence-corrected chi connectivity index (χ2v) is 9.65. The van der Waals surface area contributed by atoms with Gasteiger partial charge < -0.3 is 9.72 Å². The minimum atomic E-state index is -3.45. The first-order chi connectivity index (χ1) is 15.3. The Morgan fingerprint density at radius 1 is 1.06 bits per heavy atom. The summed E-state index contributed by atoms with van der Waals surface area (Å²) in [5.41, 5.74) is 1.41. The molecular formula is C23H20ClF2N3OS2. The number of ether oxygens (including phenoxy) is 1. The summed E-state index contributed by atoms with van der Waals surface area (Å²) in [5, 5.41) is 0.695. The van der Waals surface area contributed by atoms with Gasteiger partial charge in [0.15, 0.2) is 0 Å². The van der Waals surface area contributed by atoms with Crippen LogP contribution < -0.4 is 4.74 Å². The van der Waals surface area contributed by atoms with Gasteiger partial charge in [-0.05, 0) is 66.6 Å². The molecule has 0 bridgehead atoms. The Morgan fingerprint density at radius 3 is 2.56 bits per heavy atom. The van der Waals surface area contributed by atoms with Gasteiger partial charge in [0.1, 0.15) is 0 Å². The lowest BCUT2D eigenvalue weighted by atomic mass is 10.2. The minimum absolute atomic E-state index is 0.00778. The van der Waals surface area contributed by atoms with Gasteiger partial charge in [-0.2, -0.15) is 13.8 Å². The summed E-state index contributed by atoms with van der Waals surface area (Å²) in [5.74, 6) is 0.759. The Balaban J connectivity index is 1.42. The third-order valence-electron chi connectivity index (χ3n) is 4.80. The lowest BCUT2D eigenvalue weighted by Gasteiger charge is -2.17. The first kappa shape index (κ1) is 22.9. The van der Waals surface area contributed by atoms with E-state index in [4.69, 9.17) is 16.3 Å². The molecule has 9 heteroatoms. The van der Waals surface area contributed by atoms with Crippen LogP contribution in [0.3, 0.4) is 0 Å². The molecule has 166 valence electrons. The van der Waals surface area contributed by atoms with Gasteiger partial charge in [0.25, 0.3) is 6.01 Å². The topological polar surface area (TPSA) is 50.8 Å². The molecule has 4 nitrogen and oxygen atoms in total. The van der Waals surface area contributed by atoms with Crippen molar-refractivity contribution in [2.45, 2.75) is 35.7 Å². The number of aromatic amines is 1. The summed E-state index contributed by atoms with van der Waals surface area (Å²) in [6.45, 7) is 3.89. The van der Waals surface area contributed by atoms with Crippen molar-refractivity contribution in [3.8, 4) is 6.01 Å². The average Bonchev–Trinajstić information content (AvgIpc) is 3.16. The Hall–Kier alpha value is -2.29. The van der Waals surface area contributed by atoms with Crippen LogP contribution >= 0.6 is 35.1 Å². The van der Waals surface area contributed by atoms with Crippen molar-refractivity contribution in [3.63, 3.8) is 0 Å². The molecule has 0 radical (unpaired) electrons. The van der Waals surface area contributed by atoms with Crippen LogP contribution in [0.2, 0.25) is 5.02 Å². The number of rotatable bonds is 8. The fraction of sp³-hybridized carbons (Fsp3) is 0.217.